The van der Waals surface area contributed by atoms with Crippen LogP contribution in [0.1, 0.15) is 41.8 Å². The Bertz CT molecular complexity index is 1100. The maximum atomic E-state index is 12.8. The first-order valence-electron chi connectivity index (χ1n) is 9.03. The van der Waals surface area contributed by atoms with Crippen molar-refractivity contribution in [1.82, 2.24) is 20.1 Å². The number of nitrogens with one attached hydrogen (secondary N) is 2. The number of amides is 1. The summed E-state index contributed by atoms with van der Waals surface area (Å²) >= 11 is 0. The lowest BCUT2D eigenvalue weighted by Gasteiger charge is -2.11. The van der Waals surface area contributed by atoms with Gasteiger partial charge in [0.25, 0.3) is 11.5 Å². The summed E-state index contributed by atoms with van der Waals surface area (Å²) in [5.74, 6) is 0.198. The summed E-state index contributed by atoms with van der Waals surface area (Å²) in [6.07, 6.45) is 3.90. The van der Waals surface area contributed by atoms with E-state index in [1.807, 2.05) is 20.8 Å². The SMILES string of the molecule is CC[C@H](C)NC(=O)c1ccc(-n2[nH]cc(-c3ccc(C#N)cc3C)c2=O)nc1. The van der Waals surface area contributed by atoms with Gasteiger partial charge in [-0.1, -0.05) is 13.0 Å². The number of carbonyl (C=O) groups is 1. The summed E-state index contributed by atoms with van der Waals surface area (Å²) < 4.78 is 1.32. The summed E-state index contributed by atoms with van der Waals surface area (Å²) in [7, 11) is 0. The number of aromatic nitrogens is 3. The van der Waals surface area contributed by atoms with Crippen LogP contribution in [0.15, 0.2) is 47.5 Å². The molecule has 0 spiro atoms. The Morgan fingerprint density at radius 1 is 1.32 bits per heavy atom. The predicted octanol–water partition coefficient (Wildman–Crippen LogP) is 2.94. The molecular weight excluding hydrogens is 354 g/mol. The van der Waals surface area contributed by atoms with Crippen LogP contribution in [0.4, 0.5) is 0 Å². The number of benzene rings is 1. The third-order valence-corrected chi connectivity index (χ3v) is 4.65. The first kappa shape index (κ1) is 19.1. The third kappa shape index (κ3) is 3.71. The molecule has 0 aliphatic rings. The third-order valence-electron chi connectivity index (χ3n) is 4.65. The smallest absolute Gasteiger partial charge is 0.280 e. The van der Waals surface area contributed by atoms with Gasteiger partial charge in [-0.15, -0.1) is 0 Å². The molecule has 3 aromatic rings. The van der Waals surface area contributed by atoms with Crippen molar-refractivity contribution in [3.63, 3.8) is 0 Å². The molecule has 0 unspecified atom stereocenters. The minimum Gasteiger partial charge on any atom is -0.350 e. The molecule has 0 fully saturated rings. The number of hydrogen-bond acceptors (Lipinski definition) is 4. The van der Waals surface area contributed by atoms with Gasteiger partial charge in [0.2, 0.25) is 0 Å². The van der Waals surface area contributed by atoms with E-state index in [9.17, 15) is 9.59 Å². The zero-order valence-electron chi connectivity index (χ0n) is 16.0. The quantitative estimate of drug-likeness (QED) is 0.715. The number of aryl methyl sites for hydroxylation is 1. The monoisotopic (exact) mass is 375 g/mol. The van der Waals surface area contributed by atoms with E-state index in [1.165, 1.54) is 10.9 Å². The topological polar surface area (TPSA) is 104 Å². The van der Waals surface area contributed by atoms with Crippen LogP contribution in [-0.2, 0) is 0 Å². The molecule has 0 bridgehead atoms. The van der Waals surface area contributed by atoms with Gasteiger partial charge in [0.05, 0.1) is 22.8 Å². The second-order valence-electron chi connectivity index (χ2n) is 6.66. The molecule has 0 radical (unpaired) electrons. The summed E-state index contributed by atoms with van der Waals surface area (Å²) in [6, 6.07) is 10.6. The number of pyridine rings is 1. The number of hydrogen-bond donors (Lipinski definition) is 2. The number of nitrogens with zero attached hydrogens (tertiary/aromatic N) is 3. The first-order chi connectivity index (χ1) is 13.4. The highest BCUT2D eigenvalue weighted by Crippen LogP contribution is 2.21. The first-order valence-corrected chi connectivity index (χ1v) is 9.03. The van der Waals surface area contributed by atoms with Crippen molar-refractivity contribution in [1.29, 1.82) is 5.26 Å². The van der Waals surface area contributed by atoms with Gasteiger partial charge in [0, 0.05) is 18.4 Å². The van der Waals surface area contributed by atoms with E-state index in [4.69, 9.17) is 5.26 Å². The number of rotatable bonds is 5. The molecule has 2 heterocycles. The molecule has 1 aromatic carbocycles. The van der Waals surface area contributed by atoms with E-state index in [0.717, 1.165) is 17.5 Å². The second kappa shape index (κ2) is 7.92. The largest absolute Gasteiger partial charge is 0.350 e. The molecule has 1 amide bonds. The van der Waals surface area contributed by atoms with E-state index < -0.39 is 0 Å². The molecule has 0 aliphatic carbocycles. The molecule has 7 heteroatoms. The molecule has 2 N–H and O–H groups in total. The number of carbonyl (C=O) groups excluding carboxylic acids is 1. The summed E-state index contributed by atoms with van der Waals surface area (Å²) in [5, 5.41) is 14.8. The van der Waals surface area contributed by atoms with Crippen molar-refractivity contribution in [2.75, 3.05) is 0 Å². The van der Waals surface area contributed by atoms with Crippen molar-refractivity contribution >= 4 is 5.91 Å². The van der Waals surface area contributed by atoms with E-state index in [0.29, 0.717) is 22.5 Å². The molecule has 7 nitrogen and oxygen atoms in total. The van der Waals surface area contributed by atoms with Gasteiger partial charge < -0.3 is 5.32 Å². The summed E-state index contributed by atoms with van der Waals surface area (Å²) in [4.78, 5) is 29.2. The Morgan fingerprint density at radius 3 is 2.71 bits per heavy atom. The fraction of sp³-hybridized carbons (Fsp3) is 0.238. The van der Waals surface area contributed by atoms with E-state index in [2.05, 4.69) is 21.5 Å². The second-order valence-corrected chi connectivity index (χ2v) is 6.66. The normalized spacial score (nSPS) is 11.6. The minimum atomic E-state index is -0.253. The van der Waals surface area contributed by atoms with Gasteiger partial charge in [0.1, 0.15) is 0 Å². The Kier molecular flexibility index (Phi) is 5.41. The van der Waals surface area contributed by atoms with Crippen molar-refractivity contribution in [2.45, 2.75) is 33.2 Å². The van der Waals surface area contributed by atoms with Crippen LogP contribution in [0, 0.1) is 18.3 Å². The zero-order valence-corrected chi connectivity index (χ0v) is 16.0. The molecule has 142 valence electrons. The van der Waals surface area contributed by atoms with Crippen molar-refractivity contribution < 1.29 is 4.79 Å². The predicted molar refractivity (Wildman–Crippen MR) is 106 cm³/mol. The lowest BCUT2D eigenvalue weighted by atomic mass is 10.0. The Morgan fingerprint density at radius 2 is 2.11 bits per heavy atom. The highest BCUT2D eigenvalue weighted by Gasteiger charge is 2.14. The van der Waals surface area contributed by atoms with Gasteiger partial charge in [-0.05, 0) is 55.7 Å². The average molecular weight is 375 g/mol. The maximum Gasteiger partial charge on any atom is 0.280 e. The molecule has 3 rings (SSSR count). The molecular formula is C21H21N5O2. The highest BCUT2D eigenvalue weighted by atomic mass is 16.2. The zero-order chi connectivity index (χ0) is 20.3. The summed E-state index contributed by atoms with van der Waals surface area (Å²) in [6.45, 7) is 5.79. The number of H-pyrrole nitrogens is 1. The van der Waals surface area contributed by atoms with Crippen LogP contribution in [-0.4, -0.2) is 26.7 Å². The molecule has 2 aromatic heterocycles. The maximum absolute atomic E-state index is 12.8. The Labute approximate surface area is 162 Å². The summed E-state index contributed by atoms with van der Waals surface area (Å²) in [5.41, 5.74) is 2.81. The van der Waals surface area contributed by atoms with Crippen LogP contribution in [0.2, 0.25) is 0 Å². The van der Waals surface area contributed by atoms with Gasteiger partial charge >= 0.3 is 0 Å². The van der Waals surface area contributed by atoms with Crippen LogP contribution < -0.4 is 10.9 Å². The molecule has 0 aliphatic heterocycles. The Hall–Kier alpha value is -3.66. The minimum absolute atomic E-state index is 0.0800. The van der Waals surface area contributed by atoms with Crippen LogP contribution >= 0.6 is 0 Å². The van der Waals surface area contributed by atoms with Gasteiger partial charge in [0.15, 0.2) is 5.82 Å². The van der Waals surface area contributed by atoms with Gasteiger partial charge in [-0.25, -0.2) is 9.67 Å². The number of aromatic amines is 1. The molecule has 0 saturated heterocycles. The Balaban J connectivity index is 1.89. The van der Waals surface area contributed by atoms with E-state index >= 15 is 0 Å². The van der Waals surface area contributed by atoms with Crippen LogP contribution in [0.5, 0.6) is 0 Å². The fourth-order valence-corrected chi connectivity index (χ4v) is 2.83. The average Bonchev–Trinajstić information content (AvgIpc) is 3.08. The molecule has 1 atom stereocenters. The van der Waals surface area contributed by atoms with Crippen molar-refractivity contribution in [3.8, 4) is 23.0 Å². The van der Waals surface area contributed by atoms with Gasteiger partial charge in [-0.3, -0.25) is 14.7 Å². The van der Waals surface area contributed by atoms with Crippen LogP contribution in [0.3, 0.4) is 0 Å². The van der Waals surface area contributed by atoms with Crippen molar-refractivity contribution in [2.24, 2.45) is 0 Å². The van der Waals surface area contributed by atoms with Crippen molar-refractivity contribution in [3.05, 3.63) is 69.8 Å². The van der Waals surface area contributed by atoms with Gasteiger partial charge in [-0.2, -0.15) is 5.26 Å². The standard InChI is InChI=1S/C21H21N5O2/c1-4-14(3)25-20(27)16-6-8-19(23-11-16)26-21(28)18(12-24-26)17-7-5-15(10-22)9-13(17)2/h5-9,11-12,14,24H,4H2,1-3H3,(H,25,27)/t14-/m0/s1. The molecule has 0 saturated carbocycles. The van der Waals surface area contributed by atoms with E-state index in [-0.39, 0.29) is 17.5 Å². The van der Waals surface area contributed by atoms with Crippen LogP contribution in [0.25, 0.3) is 16.9 Å². The molecule has 28 heavy (non-hydrogen) atoms. The number of nitriles is 1. The lowest BCUT2D eigenvalue weighted by Crippen LogP contribution is -2.32. The lowest BCUT2D eigenvalue weighted by molar-refractivity contribution is 0.0939. The van der Waals surface area contributed by atoms with E-state index in [1.54, 1.807) is 36.5 Å². The fourth-order valence-electron chi connectivity index (χ4n) is 2.83. The highest BCUT2D eigenvalue weighted by molar-refractivity contribution is 5.94.